The molecule has 0 atom stereocenters. The Morgan fingerprint density at radius 2 is 1.97 bits per heavy atom. The number of rotatable bonds is 7. The van der Waals surface area contributed by atoms with Crippen molar-refractivity contribution in [3.05, 3.63) is 69.6 Å². The highest BCUT2D eigenvalue weighted by atomic mass is 16.6. The summed E-state index contributed by atoms with van der Waals surface area (Å²) in [6, 6.07) is 13.2. The van der Waals surface area contributed by atoms with Crippen LogP contribution in [0.5, 0.6) is 5.75 Å². The largest absolute Gasteiger partial charge is 0.481 e. The lowest BCUT2D eigenvalue weighted by atomic mass is 10.1. The second kappa shape index (κ2) is 10.3. The van der Waals surface area contributed by atoms with Crippen LogP contribution in [0.4, 0.5) is 0 Å². The van der Waals surface area contributed by atoms with Crippen molar-refractivity contribution < 1.29 is 9.57 Å². The molecule has 0 saturated heterocycles. The number of oxime groups is 1. The van der Waals surface area contributed by atoms with Crippen molar-refractivity contribution >= 4 is 5.71 Å². The molecule has 0 fully saturated rings. The molecular weight excluding hydrogens is 394 g/mol. The van der Waals surface area contributed by atoms with E-state index in [2.05, 4.69) is 27.4 Å². The molecule has 2 aromatic carbocycles. The number of nitrogens with zero attached hydrogens (tertiary/aromatic N) is 5. The van der Waals surface area contributed by atoms with Crippen LogP contribution >= 0.6 is 0 Å². The van der Waals surface area contributed by atoms with Gasteiger partial charge in [0.15, 0.2) is 0 Å². The average molecular weight is 419 g/mol. The number of ether oxygens (including phenoxy) is 1. The Hall–Kier alpha value is -3.86. The molecule has 0 N–H and O–H groups in total. The summed E-state index contributed by atoms with van der Waals surface area (Å²) in [6.45, 7) is 6.34. The SMILES string of the molecule is CCC#CCOc1cccc(C(C)=NOCc2c(C)cccc2-n2nnn(C)c2=O)c1. The fourth-order valence-electron chi connectivity index (χ4n) is 2.89. The molecule has 1 heterocycles. The molecule has 31 heavy (non-hydrogen) atoms. The maximum Gasteiger partial charge on any atom is 0.368 e. The van der Waals surface area contributed by atoms with Gasteiger partial charge < -0.3 is 9.57 Å². The van der Waals surface area contributed by atoms with Crippen LogP contribution < -0.4 is 10.4 Å². The second-order valence-electron chi connectivity index (χ2n) is 6.84. The van der Waals surface area contributed by atoms with E-state index in [0.717, 1.165) is 28.9 Å². The number of tetrazole rings is 1. The summed E-state index contributed by atoms with van der Waals surface area (Å²) in [7, 11) is 1.56. The van der Waals surface area contributed by atoms with Gasteiger partial charge in [-0.25, -0.2) is 4.79 Å². The standard InChI is InChI=1S/C23H25N5O3/c1-5-6-7-14-30-20-12-9-11-19(15-20)18(3)24-31-16-21-17(2)10-8-13-22(21)28-23(29)27(4)25-26-28/h8-13,15H,5,14,16H2,1-4H3. The summed E-state index contributed by atoms with van der Waals surface area (Å²) in [4.78, 5) is 17.9. The molecule has 160 valence electrons. The predicted octanol–water partition coefficient (Wildman–Crippen LogP) is 3.01. The van der Waals surface area contributed by atoms with Gasteiger partial charge >= 0.3 is 5.69 Å². The zero-order valence-corrected chi connectivity index (χ0v) is 18.1. The van der Waals surface area contributed by atoms with Crippen molar-refractivity contribution in [2.24, 2.45) is 12.2 Å². The Labute approximate surface area is 181 Å². The summed E-state index contributed by atoms with van der Waals surface area (Å²) in [6.07, 6.45) is 0.806. The summed E-state index contributed by atoms with van der Waals surface area (Å²) in [5.41, 5.74) is 3.66. The molecule has 0 aliphatic rings. The van der Waals surface area contributed by atoms with E-state index in [-0.39, 0.29) is 12.3 Å². The van der Waals surface area contributed by atoms with Gasteiger partial charge in [-0.1, -0.05) is 42.3 Å². The van der Waals surface area contributed by atoms with E-state index in [1.807, 2.05) is 57.2 Å². The zero-order chi connectivity index (χ0) is 22.2. The highest BCUT2D eigenvalue weighted by Crippen LogP contribution is 2.19. The Bertz CT molecular complexity index is 1200. The van der Waals surface area contributed by atoms with Crippen molar-refractivity contribution in [2.75, 3.05) is 6.61 Å². The van der Waals surface area contributed by atoms with Gasteiger partial charge in [0, 0.05) is 24.6 Å². The van der Waals surface area contributed by atoms with E-state index in [1.54, 1.807) is 13.1 Å². The number of benzene rings is 2. The van der Waals surface area contributed by atoms with E-state index in [0.29, 0.717) is 18.0 Å². The topological polar surface area (TPSA) is 83.5 Å². The average Bonchev–Trinajstić information content (AvgIpc) is 3.10. The van der Waals surface area contributed by atoms with Crippen LogP contribution in [0.2, 0.25) is 0 Å². The van der Waals surface area contributed by atoms with Crippen molar-refractivity contribution in [2.45, 2.75) is 33.8 Å². The van der Waals surface area contributed by atoms with E-state index in [4.69, 9.17) is 9.57 Å². The van der Waals surface area contributed by atoms with Crippen LogP contribution in [0.15, 0.2) is 52.4 Å². The monoisotopic (exact) mass is 419 g/mol. The first kappa shape index (κ1) is 21.8. The van der Waals surface area contributed by atoms with Crippen molar-refractivity contribution in [1.82, 2.24) is 19.8 Å². The minimum atomic E-state index is -0.327. The third kappa shape index (κ3) is 5.39. The van der Waals surface area contributed by atoms with Crippen molar-refractivity contribution in [3.8, 4) is 23.3 Å². The highest BCUT2D eigenvalue weighted by molar-refractivity contribution is 5.98. The molecule has 0 aliphatic carbocycles. The molecule has 8 nitrogen and oxygen atoms in total. The van der Waals surface area contributed by atoms with E-state index in [1.165, 1.54) is 9.36 Å². The number of hydrogen-bond acceptors (Lipinski definition) is 6. The first-order chi connectivity index (χ1) is 15.0. The normalized spacial score (nSPS) is 11.0. The van der Waals surface area contributed by atoms with Crippen molar-refractivity contribution in [3.63, 3.8) is 0 Å². The van der Waals surface area contributed by atoms with Crippen LogP contribution in [0, 0.1) is 18.8 Å². The quantitative estimate of drug-likeness (QED) is 0.334. The molecule has 0 radical (unpaired) electrons. The Morgan fingerprint density at radius 1 is 1.16 bits per heavy atom. The fourth-order valence-corrected chi connectivity index (χ4v) is 2.89. The Kier molecular flexibility index (Phi) is 7.22. The number of aromatic nitrogens is 4. The van der Waals surface area contributed by atoms with Gasteiger partial charge in [-0.2, -0.15) is 9.36 Å². The molecule has 0 unspecified atom stereocenters. The molecule has 3 aromatic rings. The number of aryl methyl sites for hydroxylation is 2. The summed E-state index contributed by atoms with van der Waals surface area (Å²) >= 11 is 0. The summed E-state index contributed by atoms with van der Waals surface area (Å²) < 4.78 is 8.08. The molecule has 3 rings (SSSR count). The van der Waals surface area contributed by atoms with Gasteiger partial charge in [-0.3, -0.25) is 0 Å². The van der Waals surface area contributed by atoms with Gasteiger partial charge in [-0.05, 0) is 48.0 Å². The molecule has 8 heteroatoms. The van der Waals surface area contributed by atoms with E-state index in [9.17, 15) is 4.79 Å². The van der Waals surface area contributed by atoms with Crippen LogP contribution in [0.25, 0.3) is 5.69 Å². The van der Waals surface area contributed by atoms with Crippen LogP contribution in [-0.2, 0) is 18.5 Å². The maximum atomic E-state index is 12.3. The fraction of sp³-hybridized carbons (Fsp3) is 0.304. The zero-order valence-electron chi connectivity index (χ0n) is 18.1. The molecule has 0 bridgehead atoms. The van der Waals surface area contributed by atoms with Gasteiger partial charge in [-0.15, -0.1) is 5.92 Å². The van der Waals surface area contributed by atoms with Gasteiger partial charge in [0.05, 0.1) is 11.4 Å². The molecule has 0 spiro atoms. The first-order valence-corrected chi connectivity index (χ1v) is 9.94. The molecule has 0 amide bonds. The summed E-state index contributed by atoms with van der Waals surface area (Å²) in [5, 5.41) is 12.0. The van der Waals surface area contributed by atoms with E-state index < -0.39 is 0 Å². The lowest BCUT2D eigenvalue weighted by molar-refractivity contribution is 0.130. The third-order valence-electron chi connectivity index (χ3n) is 4.61. The minimum absolute atomic E-state index is 0.186. The summed E-state index contributed by atoms with van der Waals surface area (Å²) in [5.74, 6) is 6.65. The predicted molar refractivity (Wildman–Crippen MR) is 118 cm³/mol. The van der Waals surface area contributed by atoms with Gasteiger partial charge in [0.2, 0.25) is 0 Å². The van der Waals surface area contributed by atoms with Gasteiger partial charge in [0.1, 0.15) is 19.0 Å². The smallest absolute Gasteiger partial charge is 0.368 e. The highest BCUT2D eigenvalue weighted by Gasteiger charge is 2.13. The molecular formula is C23H25N5O3. The Balaban J connectivity index is 1.74. The van der Waals surface area contributed by atoms with E-state index >= 15 is 0 Å². The third-order valence-corrected chi connectivity index (χ3v) is 4.61. The molecule has 0 saturated carbocycles. The maximum absolute atomic E-state index is 12.3. The lowest BCUT2D eigenvalue weighted by Gasteiger charge is -2.11. The van der Waals surface area contributed by atoms with Gasteiger partial charge in [0.25, 0.3) is 0 Å². The minimum Gasteiger partial charge on any atom is -0.481 e. The molecule has 1 aromatic heterocycles. The first-order valence-electron chi connectivity index (χ1n) is 9.94. The number of hydrogen-bond donors (Lipinski definition) is 0. The Morgan fingerprint density at radius 3 is 2.71 bits per heavy atom. The molecule has 0 aliphatic heterocycles. The second-order valence-corrected chi connectivity index (χ2v) is 6.84. The van der Waals surface area contributed by atoms with Crippen LogP contribution in [0.1, 0.15) is 37.0 Å². The van der Waals surface area contributed by atoms with Crippen molar-refractivity contribution in [1.29, 1.82) is 0 Å². The van der Waals surface area contributed by atoms with Crippen LogP contribution in [0.3, 0.4) is 0 Å². The lowest BCUT2D eigenvalue weighted by Crippen LogP contribution is -2.23. The van der Waals surface area contributed by atoms with Crippen LogP contribution in [-0.4, -0.2) is 32.1 Å².